The molecular formula is C11H21N3O2. The highest BCUT2D eigenvalue weighted by molar-refractivity contribution is 4.77. The van der Waals surface area contributed by atoms with E-state index in [0.717, 1.165) is 45.9 Å². The summed E-state index contributed by atoms with van der Waals surface area (Å²) in [7, 11) is 1.71. The molecular weight excluding hydrogens is 206 g/mol. The van der Waals surface area contributed by atoms with Gasteiger partial charge in [-0.05, 0) is 12.5 Å². The molecule has 0 aliphatic rings. The van der Waals surface area contributed by atoms with Gasteiger partial charge in [-0.25, -0.2) is 0 Å². The van der Waals surface area contributed by atoms with Crippen LogP contribution in [-0.4, -0.2) is 49.8 Å². The summed E-state index contributed by atoms with van der Waals surface area (Å²) >= 11 is 0. The van der Waals surface area contributed by atoms with Gasteiger partial charge < -0.3 is 14.8 Å². The SMILES string of the molecule is COCCCOCCNCCn1cccn1. The van der Waals surface area contributed by atoms with Crippen LogP contribution >= 0.6 is 0 Å². The van der Waals surface area contributed by atoms with Gasteiger partial charge in [-0.15, -0.1) is 0 Å². The van der Waals surface area contributed by atoms with Gasteiger partial charge in [-0.1, -0.05) is 0 Å². The van der Waals surface area contributed by atoms with Gasteiger partial charge in [-0.3, -0.25) is 4.68 Å². The van der Waals surface area contributed by atoms with E-state index in [-0.39, 0.29) is 0 Å². The third-order valence-corrected chi connectivity index (χ3v) is 2.14. The van der Waals surface area contributed by atoms with Crippen LogP contribution < -0.4 is 5.32 Å². The quantitative estimate of drug-likeness (QED) is 0.592. The van der Waals surface area contributed by atoms with Gasteiger partial charge in [0.2, 0.25) is 0 Å². The van der Waals surface area contributed by atoms with E-state index in [1.165, 1.54) is 0 Å². The number of nitrogens with zero attached hydrogens (tertiary/aromatic N) is 2. The van der Waals surface area contributed by atoms with Crippen molar-refractivity contribution in [1.29, 1.82) is 0 Å². The van der Waals surface area contributed by atoms with Crippen LogP contribution in [0.25, 0.3) is 0 Å². The maximum atomic E-state index is 5.41. The van der Waals surface area contributed by atoms with Crippen LogP contribution in [0.4, 0.5) is 0 Å². The molecule has 0 amide bonds. The summed E-state index contributed by atoms with van der Waals surface area (Å²) in [6, 6.07) is 1.93. The smallest absolute Gasteiger partial charge is 0.0590 e. The number of hydrogen-bond acceptors (Lipinski definition) is 4. The molecule has 0 radical (unpaired) electrons. The maximum absolute atomic E-state index is 5.41. The molecule has 1 aromatic heterocycles. The Labute approximate surface area is 96.7 Å². The minimum absolute atomic E-state index is 0.753. The average Bonchev–Trinajstić information content (AvgIpc) is 2.80. The molecule has 1 aromatic rings. The summed E-state index contributed by atoms with van der Waals surface area (Å²) in [6.07, 6.45) is 4.71. The fraction of sp³-hybridized carbons (Fsp3) is 0.727. The second-order valence-electron chi connectivity index (χ2n) is 3.48. The Morgan fingerprint density at radius 3 is 2.94 bits per heavy atom. The van der Waals surface area contributed by atoms with E-state index in [9.17, 15) is 0 Å². The normalized spacial score (nSPS) is 10.8. The molecule has 0 saturated heterocycles. The summed E-state index contributed by atoms with van der Waals surface area (Å²) < 4.78 is 12.2. The molecule has 0 bridgehead atoms. The van der Waals surface area contributed by atoms with Crippen molar-refractivity contribution in [2.45, 2.75) is 13.0 Å². The number of aromatic nitrogens is 2. The Hall–Kier alpha value is -0.910. The monoisotopic (exact) mass is 227 g/mol. The van der Waals surface area contributed by atoms with Crippen LogP contribution in [0.3, 0.4) is 0 Å². The first-order valence-electron chi connectivity index (χ1n) is 5.68. The predicted molar refractivity (Wildman–Crippen MR) is 62.4 cm³/mol. The van der Waals surface area contributed by atoms with E-state index >= 15 is 0 Å². The molecule has 0 atom stereocenters. The molecule has 0 aliphatic carbocycles. The number of nitrogens with one attached hydrogen (secondary N) is 1. The molecule has 92 valence electrons. The van der Waals surface area contributed by atoms with Crippen molar-refractivity contribution in [2.75, 3.05) is 40.0 Å². The number of methoxy groups -OCH3 is 1. The van der Waals surface area contributed by atoms with Crippen molar-refractivity contribution in [3.63, 3.8) is 0 Å². The van der Waals surface area contributed by atoms with Crippen molar-refractivity contribution in [1.82, 2.24) is 15.1 Å². The van der Waals surface area contributed by atoms with Crippen molar-refractivity contribution in [3.8, 4) is 0 Å². The van der Waals surface area contributed by atoms with Crippen molar-refractivity contribution in [2.24, 2.45) is 0 Å². The first kappa shape index (κ1) is 13.2. The van der Waals surface area contributed by atoms with Gasteiger partial charge in [0.15, 0.2) is 0 Å². The lowest BCUT2D eigenvalue weighted by atomic mass is 10.5. The maximum Gasteiger partial charge on any atom is 0.0590 e. The van der Waals surface area contributed by atoms with E-state index in [1.54, 1.807) is 13.3 Å². The molecule has 5 nitrogen and oxygen atoms in total. The van der Waals surface area contributed by atoms with Crippen molar-refractivity contribution < 1.29 is 9.47 Å². The Morgan fingerprint density at radius 2 is 2.19 bits per heavy atom. The van der Waals surface area contributed by atoms with Crippen LogP contribution in [0.5, 0.6) is 0 Å². The standard InChI is InChI=1S/C11H21N3O2/c1-15-9-3-10-16-11-6-12-5-8-14-7-2-4-13-14/h2,4,7,12H,3,5-6,8-11H2,1H3. The highest BCUT2D eigenvalue weighted by Crippen LogP contribution is 1.84. The number of hydrogen-bond donors (Lipinski definition) is 1. The summed E-state index contributed by atoms with van der Waals surface area (Å²) in [5.41, 5.74) is 0. The van der Waals surface area contributed by atoms with Crippen molar-refractivity contribution in [3.05, 3.63) is 18.5 Å². The van der Waals surface area contributed by atoms with Crippen LogP contribution in [0.2, 0.25) is 0 Å². The Balaban J connectivity index is 1.78. The van der Waals surface area contributed by atoms with Gasteiger partial charge >= 0.3 is 0 Å². The summed E-state index contributed by atoms with van der Waals surface area (Å²) in [4.78, 5) is 0. The van der Waals surface area contributed by atoms with Gasteiger partial charge in [0.25, 0.3) is 0 Å². The molecule has 0 unspecified atom stereocenters. The third-order valence-electron chi connectivity index (χ3n) is 2.14. The Kier molecular flexibility index (Phi) is 7.67. The van der Waals surface area contributed by atoms with Gasteiger partial charge in [0, 0.05) is 45.8 Å². The van der Waals surface area contributed by atoms with Gasteiger partial charge in [0.05, 0.1) is 13.2 Å². The average molecular weight is 227 g/mol. The minimum Gasteiger partial charge on any atom is -0.385 e. The fourth-order valence-electron chi connectivity index (χ4n) is 1.30. The molecule has 0 saturated carbocycles. The minimum atomic E-state index is 0.753. The zero-order valence-electron chi connectivity index (χ0n) is 9.89. The largest absolute Gasteiger partial charge is 0.385 e. The highest BCUT2D eigenvalue weighted by Gasteiger charge is 1.91. The van der Waals surface area contributed by atoms with E-state index in [0.29, 0.717) is 0 Å². The van der Waals surface area contributed by atoms with Crippen LogP contribution in [-0.2, 0) is 16.0 Å². The summed E-state index contributed by atoms with van der Waals surface area (Å²) in [6.45, 7) is 5.00. The lowest BCUT2D eigenvalue weighted by Gasteiger charge is -2.06. The second kappa shape index (κ2) is 9.33. The van der Waals surface area contributed by atoms with E-state index in [1.807, 2.05) is 16.9 Å². The Bertz CT molecular complexity index is 239. The predicted octanol–water partition coefficient (Wildman–Crippen LogP) is 0.526. The third kappa shape index (κ3) is 6.55. The zero-order valence-corrected chi connectivity index (χ0v) is 9.89. The molecule has 1 heterocycles. The molecule has 0 aromatic carbocycles. The summed E-state index contributed by atoms with van der Waals surface area (Å²) in [5.74, 6) is 0. The fourth-order valence-corrected chi connectivity index (χ4v) is 1.30. The van der Waals surface area contributed by atoms with E-state index in [4.69, 9.17) is 9.47 Å². The molecule has 0 spiro atoms. The molecule has 0 aliphatic heterocycles. The zero-order chi connectivity index (χ0) is 11.5. The van der Waals surface area contributed by atoms with Crippen molar-refractivity contribution >= 4 is 0 Å². The molecule has 16 heavy (non-hydrogen) atoms. The van der Waals surface area contributed by atoms with Crippen LogP contribution in [0.15, 0.2) is 18.5 Å². The molecule has 0 fully saturated rings. The first-order valence-corrected chi connectivity index (χ1v) is 5.68. The second-order valence-corrected chi connectivity index (χ2v) is 3.48. The van der Waals surface area contributed by atoms with Gasteiger partial charge in [0.1, 0.15) is 0 Å². The number of rotatable bonds is 10. The number of ether oxygens (including phenoxy) is 2. The lowest BCUT2D eigenvalue weighted by Crippen LogP contribution is -2.24. The van der Waals surface area contributed by atoms with Crippen LogP contribution in [0, 0.1) is 0 Å². The van der Waals surface area contributed by atoms with Crippen LogP contribution in [0.1, 0.15) is 6.42 Å². The molecule has 1 N–H and O–H groups in total. The Morgan fingerprint density at radius 1 is 1.25 bits per heavy atom. The molecule has 1 rings (SSSR count). The highest BCUT2D eigenvalue weighted by atomic mass is 16.5. The van der Waals surface area contributed by atoms with E-state index < -0.39 is 0 Å². The topological polar surface area (TPSA) is 48.3 Å². The van der Waals surface area contributed by atoms with E-state index in [2.05, 4.69) is 10.4 Å². The summed E-state index contributed by atoms with van der Waals surface area (Å²) in [5, 5.41) is 7.41. The van der Waals surface area contributed by atoms with Gasteiger partial charge in [-0.2, -0.15) is 5.10 Å². The molecule has 5 heteroatoms. The lowest BCUT2D eigenvalue weighted by molar-refractivity contribution is 0.104. The first-order chi connectivity index (χ1) is 7.93.